The van der Waals surface area contributed by atoms with Crippen molar-refractivity contribution in [1.29, 1.82) is 0 Å². The Morgan fingerprint density at radius 1 is 0.744 bits per heavy atom. The Labute approximate surface area is 234 Å². The maximum absolute atomic E-state index is 13.1. The van der Waals surface area contributed by atoms with Gasteiger partial charge in [-0.05, 0) is 63.7 Å². The standard InChI is InChI=1S/C25H42N8O5S/c26-12-6-4-10-18(21(29)34)31-25(38)20(15-39)33-24(37)19(11-5-7-13-27)32-23(36)17(28)14-30-22(35)16-8-2-1-3-9-16/h1-3,8-9,17-20,39H,4-7,10-15,26-28H2,(H2,29,34)(H,30,35)(H,31,38)(H,32,36)(H,33,37). The van der Waals surface area contributed by atoms with E-state index in [0.29, 0.717) is 50.8 Å². The molecule has 0 fully saturated rings. The van der Waals surface area contributed by atoms with Crippen molar-refractivity contribution in [3.8, 4) is 0 Å². The van der Waals surface area contributed by atoms with Crippen molar-refractivity contribution in [2.24, 2.45) is 22.9 Å². The van der Waals surface area contributed by atoms with E-state index in [1.807, 2.05) is 0 Å². The van der Waals surface area contributed by atoms with Crippen molar-refractivity contribution in [2.75, 3.05) is 25.4 Å². The Hall–Kier alpha value is -3.20. The molecule has 0 spiro atoms. The monoisotopic (exact) mass is 566 g/mol. The van der Waals surface area contributed by atoms with E-state index in [0.717, 1.165) is 0 Å². The number of carbonyl (C=O) groups is 5. The second-order valence-electron chi connectivity index (χ2n) is 9.02. The van der Waals surface area contributed by atoms with Crippen LogP contribution in [0.2, 0.25) is 0 Å². The van der Waals surface area contributed by atoms with Gasteiger partial charge in [-0.1, -0.05) is 18.2 Å². The Morgan fingerprint density at radius 2 is 1.26 bits per heavy atom. The third kappa shape index (κ3) is 12.9. The van der Waals surface area contributed by atoms with Gasteiger partial charge in [0.2, 0.25) is 23.6 Å². The lowest BCUT2D eigenvalue weighted by atomic mass is 10.1. The lowest BCUT2D eigenvalue weighted by molar-refractivity contribution is -0.133. The second-order valence-corrected chi connectivity index (χ2v) is 9.39. The van der Waals surface area contributed by atoms with Gasteiger partial charge in [0, 0.05) is 17.9 Å². The fourth-order valence-electron chi connectivity index (χ4n) is 3.54. The molecule has 0 heterocycles. The predicted octanol–water partition coefficient (Wildman–Crippen LogP) is -2.13. The lowest BCUT2D eigenvalue weighted by Crippen LogP contribution is -2.58. The Bertz CT molecular complexity index is 936. The molecule has 0 aliphatic rings. The van der Waals surface area contributed by atoms with Gasteiger partial charge in [-0.3, -0.25) is 24.0 Å². The molecule has 0 aliphatic heterocycles. The zero-order valence-corrected chi connectivity index (χ0v) is 23.0. The topological polar surface area (TPSA) is 238 Å². The highest BCUT2D eigenvalue weighted by Crippen LogP contribution is 2.05. The molecule has 39 heavy (non-hydrogen) atoms. The van der Waals surface area contributed by atoms with Crippen LogP contribution in [0.1, 0.15) is 48.9 Å². The van der Waals surface area contributed by atoms with Crippen LogP contribution in [0.5, 0.6) is 0 Å². The van der Waals surface area contributed by atoms with Gasteiger partial charge < -0.3 is 44.2 Å². The molecular weight excluding hydrogens is 524 g/mol. The van der Waals surface area contributed by atoms with E-state index in [-0.39, 0.29) is 18.7 Å². The number of amides is 5. The van der Waals surface area contributed by atoms with Crippen molar-refractivity contribution in [3.05, 3.63) is 35.9 Å². The Kier molecular flexibility index (Phi) is 16.4. The minimum Gasteiger partial charge on any atom is -0.368 e. The van der Waals surface area contributed by atoms with E-state index in [9.17, 15) is 24.0 Å². The number of thiol groups is 1. The third-order valence-corrected chi connectivity index (χ3v) is 6.22. The minimum absolute atomic E-state index is 0.0691. The molecule has 218 valence electrons. The summed E-state index contributed by atoms with van der Waals surface area (Å²) >= 11 is 4.15. The summed E-state index contributed by atoms with van der Waals surface area (Å²) in [4.78, 5) is 62.5. The second kappa shape index (κ2) is 19.0. The number of rotatable bonds is 19. The molecule has 5 amide bonds. The molecule has 14 heteroatoms. The van der Waals surface area contributed by atoms with Gasteiger partial charge in [0.15, 0.2) is 0 Å². The highest BCUT2D eigenvalue weighted by Gasteiger charge is 2.29. The first kappa shape index (κ1) is 33.8. The van der Waals surface area contributed by atoms with E-state index in [4.69, 9.17) is 22.9 Å². The summed E-state index contributed by atoms with van der Waals surface area (Å²) < 4.78 is 0. The lowest BCUT2D eigenvalue weighted by Gasteiger charge is -2.25. The number of unbranched alkanes of at least 4 members (excludes halogenated alkanes) is 2. The largest absolute Gasteiger partial charge is 0.368 e. The molecule has 0 saturated carbocycles. The highest BCUT2D eigenvalue weighted by molar-refractivity contribution is 7.80. The molecule has 1 rings (SSSR count). The van der Waals surface area contributed by atoms with Crippen LogP contribution in [0, 0.1) is 0 Å². The van der Waals surface area contributed by atoms with Crippen LogP contribution >= 0.6 is 12.6 Å². The van der Waals surface area contributed by atoms with Gasteiger partial charge in [0.1, 0.15) is 24.2 Å². The fraction of sp³-hybridized carbons (Fsp3) is 0.560. The zero-order chi connectivity index (χ0) is 29.2. The maximum Gasteiger partial charge on any atom is 0.251 e. The van der Waals surface area contributed by atoms with E-state index in [2.05, 4.69) is 33.9 Å². The summed E-state index contributed by atoms with van der Waals surface area (Å²) in [5.74, 6) is -3.09. The number of nitrogens with two attached hydrogens (primary N) is 4. The zero-order valence-electron chi connectivity index (χ0n) is 22.1. The summed E-state index contributed by atoms with van der Waals surface area (Å²) in [7, 11) is 0. The fourth-order valence-corrected chi connectivity index (χ4v) is 3.80. The number of benzene rings is 1. The van der Waals surface area contributed by atoms with E-state index in [1.54, 1.807) is 30.3 Å². The SMILES string of the molecule is NCCCCC(NC(=O)C(CS)NC(=O)C(CCCCN)NC(=O)C(N)CNC(=O)c1ccccc1)C(N)=O. The van der Waals surface area contributed by atoms with Crippen LogP contribution < -0.4 is 44.2 Å². The van der Waals surface area contributed by atoms with Gasteiger partial charge in [-0.2, -0.15) is 12.6 Å². The van der Waals surface area contributed by atoms with Gasteiger partial charge in [0.25, 0.3) is 5.91 Å². The van der Waals surface area contributed by atoms with Gasteiger partial charge in [-0.25, -0.2) is 0 Å². The van der Waals surface area contributed by atoms with Crippen molar-refractivity contribution >= 4 is 42.2 Å². The van der Waals surface area contributed by atoms with Crippen LogP contribution in [0.25, 0.3) is 0 Å². The van der Waals surface area contributed by atoms with E-state index in [1.165, 1.54) is 0 Å². The first-order valence-electron chi connectivity index (χ1n) is 12.9. The van der Waals surface area contributed by atoms with Crippen molar-refractivity contribution < 1.29 is 24.0 Å². The number of primary amides is 1. The van der Waals surface area contributed by atoms with E-state index >= 15 is 0 Å². The van der Waals surface area contributed by atoms with Gasteiger partial charge in [0.05, 0.1) is 0 Å². The molecule has 0 bridgehead atoms. The summed E-state index contributed by atoms with van der Waals surface area (Å²) in [5, 5.41) is 10.3. The molecule has 0 aromatic heterocycles. The molecule has 0 radical (unpaired) electrons. The summed E-state index contributed by atoms with van der Waals surface area (Å²) in [6.45, 7) is 0.680. The number of hydrogen-bond donors (Lipinski definition) is 9. The average Bonchev–Trinajstić information content (AvgIpc) is 2.93. The van der Waals surface area contributed by atoms with Crippen LogP contribution in [-0.4, -0.2) is 79.1 Å². The van der Waals surface area contributed by atoms with Crippen molar-refractivity contribution in [1.82, 2.24) is 21.3 Å². The molecule has 1 aromatic rings. The van der Waals surface area contributed by atoms with Crippen molar-refractivity contribution in [3.63, 3.8) is 0 Å². The predicted molar refractivity (Wildman–Crippen MR) is 151 cm³/mol. The maximum atomic E-state index is 13.1. The summed E-state index contributed by atoms with van der Waals surface area (Å²) in [5.41, 5.74) is 22.8. The molecule has 0 saturated heterocycles. The molecule has 1 aromatic carbocycles. The average molecular weight is 567 g/mol. The molecular formula is C25H42N8O5S. The minimum atomic E-state index is -1.13. The van der Waals surface area contributed by atoms with Gasteiger partial charge >= 0.3 is 0 Å². The summed E-state index contributed by atoms with van der Waals surface area (Å²) in [6.07, 6.45) is 2.93. The number of hydrogen-bond acceptors (Lipinski definition) is 9. The van der Waals surface area contributed by atoms with Crippen LogP contribution in [0.4, 0.5) is 0 Å². The molecule has 13 nitrogen and oxygen atoms in total. The quantitative estimate of drug-likeness (QED) is 0.0660. The van der Waals surface area contributed by atoms with Crippen molar-refractivity contribution in [2.45, 2.75) is 62.7 Å². The van der Waals surface area contributed by atoms with E-state index < -0.39 is 53.7 Å². The molecule has 4 atom stereocenters. The summed E-state index contributed by atoms with van der Waals surface area (Å²) in [6, 6.07) is 4.27. The van der Waals surface area contributed by atoms with Crippen LogP contribution in [0.15, 0.2) is 30.3 Å². The third-order valence-electron chi connectivity index (χ3n) is 5.86. The highest BCUT2D eigenvalue weighted by atomic mass is 32.1. The molecule has 0 aliphatic carbocycles. The Balaban J connectivity index is 2.79. The van der Waals surface area contributed by atoms with Crippen LogP contribution in [0.3, 0.4) is 0 Å². The van der Waals surface area contributed by atoms with Gasteiger partial charge in [-0.15, -0.1) is 0 Å². The smallest absolute Gasteiger partial charge is 0.251 e. The normalized spacial score (nSPS) is 13.8. The Morgan fingerprint density at radius 3 is 1.79 bits per heavy atom. The molecule has 12 N–H and O–H groups in total. The first-order chi connectivity index (χ1) is 18.6. The molecule has 4 unspecified atom stereocenters. The van der Waals surface area contributed by atoms with Crippen LogP contribution in [-0.2, 0) is 19.2 Å². The number of nitrogens with one attached hydrogen (secondary N) is 4. The number of carbonyl (C=O) groups excluding carboxylic acids is 5. The first-order valence-corrected chi connectivity index (χ1v) is 13.6.